The van der Waals surface area contributed by atoms with Gasteiger partial charge >= 0.3 is 0 Å². The first-order chi connectivity index (χ1) is 12.4. The summed E-state index contributed by atoms with van der Waals surface area (Å²) in [5.74, 6) is 1.45. The third-order valence-corrected chi connectivity index (χ3v) is 5.66. The van der Waals surface area contributed by atoms with Crippen LogP contribution in [0, 0.1) is 17.2 Å². The number of carbonyl (C=O) groups excluding carboxylic acids is 1. The van der Waals surface area contributed by atoms with E-state index in [4.69, 9.17) is 0 Å². The normalized spacial score (nSPS) is 16.1. The van der Waals surface area contributed by atoms with E-state index in [9.17, 15) is 10.1 Å². The molecule has 7 heteroatoms. The second-order valence-corrected chi connectivity index (χ2v) is 8.03. The van der Waals surface area contributed by atoms with E-state index in [1.807, 2.05) is 48.7 Å². The first kappa shape index (κ1) is 18.5. The van der Waals surface area contributed by atoms with Gasteiger partial charge in [0.05, 0.1) is 11.8 Å². The number of rotatable bonds is 7. The van der Waals surface area contributed by atoms with Crippen molar-refractivity contribution in [2.75, 3.05) is 5.75 Å². The maximum Gasteiger partial charge on any atom is 0.231 e. The van der Waals surface area contributed by atoms with Crippen molar-refractivity contribution in [1.82, 2.24) is 20.1 Å². The van der Waals surface area contributed by atoms with Crippen molar-refractivity contribution in [2.45, 2.75) is 50.2 Å². The smallest absolute Gasteiger partial charge is 0.231 e. The highest BCUT2D eigenvalue weighted by Gasteiger charge is 2.32. The van der Waals surface area contributed by atoms with Crippen molar-refractivity contribution >= 4 is 17.7 Å². The average Bonchev–Trinajstić information content (AvgIpc) is 3.39. The highest BCUT2D eigenvalue weighted by molar-refractivity contribution is 7.99. The molecule has 1 unspecified atom stereocenters. The molecule has 136 valence electrons. The molecular weight excluding hydrogens is 346 g/mol. The molecule has 1 amide bonds. The Labute approximate surface area is 158 Å². The number of nitrogens with one attached hydrogen (secondary N) is 1. The Morgan fingerprint density at radius 3 is 2.65 bits per heavy atom. The molecule has 1 heterocycles. The van der Waals surface area contributed by atoms with Crippen LogP contribution in [-0.4, -0.2) is 32.0 Å². The lowest BCUT2D eigenvalue weighted by molar-refractivity contribution is -0.120. The van der Waals surface area contributed by atoms with Gasteiger partial charge < -0.3 is 5.32 Å². The zero-order chi connectivity index (χ0) is 18.7. The molecule has 0 saturated heterocycles. The Balaban J connectivity index is 1.75. The van der Waals surface area contributed by atoms with Gasteiger partial charge in [-0.1, -0.05) is 43.8 Å². The molecule has 3 rings (SSSR count). The van der Waals surface area contributed by atoms with Crippen molar-refractivity contribution in [1.29, 1.82) is 5.26 Å². The van der Waals surface area contributed by atoms with Gasteiger partial charge in [0.1, 0.15) is 11.4 Å². The second-order valence-electron chi connectivity index (χ2n) is 7.09. The standard InChI is InChI=1S/C19H23N5OS/c1-13(2)19(3,12-20)21-16(25)11-26-18-23-22-17(14-9-10-14)24(18)15-7-5-4-6-8-15/h4-8,13-14H,9-11H2,1-3H3,(H,21,25). The third-order valence-electron chi connectivity index (χ3n) is 4.73. The predicted molar refractivity (Wildman–Crippen MR) is 101 cm³/mol. The fourth-order valence-electron chi connectivity index (χ4n) is 2.56. The van der Waals surface area contributed by atoms with Crippen LogP contribution in [0.4, 0.5) is 0 Å². The van der Waals surface area contributed by atoms with Gasteiger partial charge in [0.25, 0.3) is 0 Å². The lowest BCUT2D eigenvalue weighted by atomic mass is 9.90. The quantitative estimate of drug-likeness (QED) is 0.757. The largest absolute Gasteiger partial charge is 0.337 e. The summed E-state index contributed by atoms with van der Waals surface area (Å²) in [7, 11) is 0. The SMILES string of the molecule is CC(C)C(C)(C#N)NC(=O)CSc1nnc(C2CC2)n1-c1ccccc1. The molecule has 1 atom stereocenters. The number of hydrogen-bond donors (Lipinski definition) is 1. The number of amides is 1. The first-order valence-corrected chi connectivity index (χ1v) is 9.79. The first-order valence-electron chi connectivity index (χ1n) is 8.80. The van der Waals surface area contributed by atoms with Gasteiger partial charge in [0.15, 0.2) is 5.16 Å². The Bertz CT molecular complexity index is 822. The molecule has 0 radical (unpaired) electrons. The molecule has 1 aromatic carbocycles. The molecule has 6 nitrogen and oxygen atoms in total. The summed E-state index contributed by atoms with van der Waals surface area (Å²) in [6, 6.07) is 12.2. The highest BCUT2D eigenvalue weighted by atomic mass is 32.2. The number of hydrogen-bond acceptors (Lipinski definition) is 5. The van der Waals surface area contributed by atoms with E-state index < -0.39 is 5.54 Å². The fraction of sp³-hybridized carbons (Fsp3) is 0.474. The maximum atomic E-state index is 12.4. The highest BCUT2D eigenvalue weighted by Crippen LogP contribution is 2.41. The zero-order valence-corrected chi connectivity index (χ0v) is 16.1. The summed E-state index contributed by atoms with van der Waals surface area (Å²) in [5.41, 5.74) is 0.135. The summed E-state index contributed by atoms with van der Waals surface area (Å²) in [4.78, 5) is 12.4. The fourth-order valence-corrected chi connectivity index (χ4v) is 3.32. The molecular formula is C19H23N5OS. The Morgan fingerprint density at radius 1 is 1.38 bits per heavy atom. The monoisotopic (exact) mass is 369 g/mol. The van der Waals surface area contributed by atoms with Crippen LogP contribution in [0.15, 0.2) is 35.5 Å². The van der Waals surface area contributed by atoms with Gasteiger partial charge in [0, 0.05) is 11.6 Å². The van der Waals surface area contributed by atoms with E-state index in [2.05, 4.69) is 21.6 Å². The van der Waals surface area contributed by atoms with Crippen LogP contribution < -0.4 is 5.32 Å². The Hall–Kier alpha value is -2.33. The molecule has 0 spiro atoms. The van der Waals surface area contributed by atoms with Crippen molar-refractivity contribution in [3.63, 3.8) is 0 Å². The number of thioether (sulfide) groups is 1. The number of para-hydroxylation sites is 1. The zero-order valence-electron chi connectivity index (χ0n) is 15.3. The number of benzene rings is 1. The summed E-state index contributed by atoms with van der Waals surface area (Å²) < 4.78 is 2.04. The number of nitrogens with zero attached hydrogens (tertiary/aromatic N) is 4. The minimum Gasteiger partial charge on any atom is -0.337 e. The van der Waals surface area contributed by atoms with Crippen molar-refractivity contribution in [2.24, 2.45) is 5.92 Å². The number of nitriles is 1. The summed E-state index contributed by atoms with van der Waals surface area (Å²) in [5, 5.41) is 21.6. The average molecular weight is 369 g/mol. The van der Waals surface area contributed by atoms with Gasteiger partial charge in [-0.2, -0.15) is 5.26 Å². The molecule has 0 bridgehead atoms. The van der Waals surface area contributed by atoms with Crippen molar-refractivity contribution in [3.05, 3.63) is 36.2 Å². The van der Waals surface area contributed by atoms with E-state index >= 15 is 0 Å². The van der Waals surface area contributed by atoms with Crippen LogP contribution in [0.25, 0.3) is 5.69 Å². The molecule has 1 aromatic heterocycles. The molecule has 0 aliphatic heterocycles. The summed E-state index contributed by atoms with van der Waals surface area (Å²) in [6.45, 7) is 5.59. The van der Waals surface area contributed by atoms with Gasteiger partial charge in [-0.15, -0.1) is 10.2 Å². The van der Waals surface area contributed by atoms with Gasteiger partial charge in [-0.05, 0) is 37.8 Å². The van der Waals surface area contributed by atoms with Crippen molar-refractivity contribution < 1.29 is 4.79 Å². The lowest BCUT2D eigenvalue weighted by Crippen LogP contribution is -2.49. The van der Waals surface area contributed by atoms with Crippen molar-refractivity contribution in [3.8, 4) is 11.8 Å². The molecule has 1 aliphatic carbocycles. The topological polar surface area (TPSA) is 83.6 Å². The van der Waals surface area contributed by atoms with Crippen LogP contribution in [0.3, 0.4) is 0 Å². The molecule has 26 heavy (non-hydrogen) atoms. The molecule has 2 aromatic rings. The van der Waals surface area contributed by atoms with E-state index in [-0.39, 0.29) is 17.6 Å². The predicted octanol–water partition coefficient (Wildman–Crippen LogP) is 3.29. The second kappa shape index (κ2) is 7.50. The van der Waals surface area contributed by atoms with Crippen LogP contribution >= 0.6 is 11.8 Å². The summed E-state index contributed by atoms with van der Waals surface area (Å²) >= 11 is 1.35. The molecule has 1 aliphatic rings. The molecule has 1 saturated carbocycles. The Kier molecular flexibility index (Phi) is 5.33. The van der Waals surface area contributed by atoms with E-state index in [0.717, 1.165) is 24.4 Å². The van der Waals surface area contributed by atoms with Gasteiger partial charge in [0.2, 0.25) is 5.91 Å². The minimum atomic E-state index is -0.871. The minimum absolute atomic E-state index is 0.0240. The van der Waals surface area contributed by atoms with Gasteiger partial charge in [-0.3, -0.25) is 9.36 Å². The van der Waals surface area contributed by atoms with E-state index in [1.165, 1.54) is 11.8 Å². The van der Waals surface area contributed by atoms with E-state index in [1.54, 1.807) is 6.92 Å². The van der Waals surface area contributed by atoms with E-state index in [0.29, 0.717) is 11.1 Å². The van der Waals surface area contributed by atoms with Gasteiger partial charge in [-0.25, -0.2) is 0 Å². The van der Waals surface area contributed by atoms with Crippen LogP contribution in [0.1, 0.15) is 45.4 Å². The lowest BCUT2D eigenvalue weighted by Gasteiger charge is -2.27. The number of carbonyl (C=O) groups is 1. The van der Waals surface area contributed by atoms with Crippen LogP contribution in [0.5, 0.6) is 0 Å². The Morgan fingerprint density at radius 2 is 2.08 bits per heavy atom. The summed E-state index contributed by atoms with van der Waals surface area (Å²) in [6.07, 6.45) is 2.26. The molecule has 1 N–H and O–H groups in total. The number of aromatic nitrogens is 3. The third kappa shape index (κ3) is 3.91. The maximum absolute atomic E-state index is 12.4. The van der Waals surface area contributed by atoms with Crippen LogP contribution in [0.2, 0.25) is 0 Å². The van der Waals surface area contributed by atoms with Crippen LogP contribution in [-0.2, 0) is 4.79 Å². The molecule has 1 fully saturated rings.